The predicted molar refractivity (Wildman–Crippen MR) is 134 cm³/mol. The fourth-order valence-corrected chi connectivity index (χ4v) is 6.46. The van der Waals surface area contributed by atoms with E-state index in [2.05, 4.69) is 12.2 Å². The van der Waals surface area contributed by atoms with Gasteiger partial charge in [0, 0.05) is 18.0 Å². The molecular formula is C27H22Cl2N2O5. The lowest BCUT2D eigenvalue weighted by molar-refractivity contribution is -0.139. The van der Waals surface area contributed by atoms with Crippen molar-refractivity contribution in [3.05, 3.63) is 64.2 Å². The SMILES string of the molecule is Cc1cc(OC(=O)[C@@H]2CC(=O)N(c3cc(Cl)ccc3Cl)C2)ccc1N1C(=O)[C@@H]2[C@@H](C1=O)[C@H]1C=C[C@H]2C1. The van der Waals surface area contributed by atoms with Gasteiger partial charge in [-0.25, -0.2) is 4.90 Å². The van der Waals surface area contributed by atoms with E-state index >= 15 is 0 Å². The first-order valence-electron chi connectivity index (χ1n) is 11.9. The molecule has 3 amide bonds. The zero-order chi connectivity index (χ0) is 25.3. The molecule has 2 aliphatic carbocycles. The minimum atomic E-state index is -0.670. The maximum Gasteiger partial charge on any atom is 0.316 e. The second-order valence-electron chi connectivity index (χ2n) is 9.88. The van der Waals surface area contributed by atoms with Gasteiger partial charge in [-0.15, -0.1) is 0 Å². The van der Waals surface area contributed by atoms with Crippen molar-refractivity contribution < 1.29 is 23.9 Å². The normalized spacial score (nSPS) is 28.4. The number of allylic oxidation sites excluding steroid dienone is 2. The first-order chi connectivity index (χ1) is 17.2. The third-order valence-corrected chi connectivity index (χ3v) is 8.31. The number of amides is 3. The minimum Gasteiger partial charge on any atom is -0.426 e. The smallest absolute Gasteiger partial charge is 0.316 e. The number of nitrogens with zero attached hydrogens (tertiary/aromatic N) is 2. The second-order valence-corrected chi connectivity index (χ2v) is 10.7. The molecule has 6 rings (SSSR count). The Morgan fingerprint density at radius 1 is 0.944 bits per heavy atom. The number of carbonyl (C=O) groups excluding carboxylic acids is 4. The first kappa shape index (κ1) is 23.3. The number of anilines is 2. The molecule has 0 unspecified atom stereocenters. The van der Waals surface area contributed by atoms with E-state index in [1.807, 2.05) is 0 Å². The standard InChI is InChI=1S/C27H22Cl2N2O5/c1-13-8-18(5-7-20(13)31-25(33)23-14-2-3-15(9-14)24(23)26(31)34)36-27(35)16-10-22(32)30(12-16)21-11-17(28)4-6-19(21)29/h2-8,11,14-16,23-24H,9-10,12H2,1H3/t14-,15-,16+,23-,24-/m0/s1. The summed E-state index contributed by atoms with van der Waals surface area (Å²) in [6, 6.07) is 9.67. The van der Waals surface area contributed by atoms with Crippen LogP contribution in [0.25, 0.3) is 0 Å². The summed E-state index contributed by atoms with van der Waals surface area (Å²) in [7, 11) is 0. The van der Waals surface area contributed by atoms with Gasteiger partial charge in [-0.2, -0.15) is 0 Å². The van der Waals surface area contributed by atoms with Crippen LogP contribution in [-0.4, -0.2) is 30.2 Å². The van der Waals surface area contributed by atoms with Crippen molar-refractivity contribution in [3.63, 3.8) is 0 Å². The van der Waals surface area contributed by atoms with Gasteiger partial charge in [0.25, 0.3) is 0 Å². The van der Waals surface area contributed by atoms with E-state index in [4.69, 9.17) is 27.9 Å². The summed E-state index contributed by atoms with van der Waals surface area (Å²) in [5, 5.41) is 0.804. The largest absolute Gasteiger partial charge is 0.426 e. The quantitative estimate of drug-likeness (QED) is 0.253. The Kier molecular flexibility index (Phi) is 5.46. The second kappa shape index (κ2) is 8.46. The van der Waals surface area contributed by atoms with E-state index in [1.54, 1.807) is 43.3 Å². The van der Waals surface area contributed by atoms with Crippen molar-refractivity contribution in [2.24, 2.45) is 29.6 Å². The highest BCUT2D eigenvalue weighted by Crippen LogP contribution is 2.53. The molecule has 1 saturated carbocycles. The highest BCUT2D eigenvalue weighted by atomic mass is 35.5. The molecular weight excluding hydrogens is 503 g/mol. The summed E-state index contributed by atoms with van der Waals surface area (Å²) in [5.41, 5.74) is 1.62. The average Bonchev–Trinajstić information content (AvgIpc) is 3.60. The summed E-state index contributed by atoms with van der Waals surface area (Å²) < 4.78 is 5.58. The molecule has 0 N–H and O–H groups in total. The van der Waals surface area contributed by atoms with E-state index < -0.39 is 11.9 Å². The monoisotopic (exact) mass is 524 g/mol. The van der Waals surface area contributed by atoms with Crippen LogP contribution < -0.4 is 14.5 Å². The molecule has 3 fully saturated rings. The number of benzene rings is 2. The van der Waals surface area contributed by atoms with Crippen LogP contribution in [0.2, 0.25) is 10.0 Å². The van der Waals surface area contributed by atoms with Crippen molar-refractivity contribution in [3.8, 4) is 5.75 Å². The fraction of sp³-hybridized carbons (Fsp3) is 0.333. The number of esters is 1. The molecule has 2 aromatic rings. The van der Waals surface area contributed by atoms with Crippen molar-refractivity contribution in [2.75, 3.05) is 16.3 Å². The number of rotatable bonds is 4. The van der Waals surface area contributed by atoms with Crippen molar-refractivity contribution in [1.82, 2.24) is 0 Å². The summed E-state index contributed by atoms with van der Waals surface area (Å²) in [4.78, 5) is 54.5. The van der Waals surface area contributed by atoms with Crippen LogP contribution in [0.1, 0.15) is 18.4 Å². The van der Waals surface area contributed by atoms with E-state index in [-0.39, 0.29) is 60.1 Å². The lowest BCUT2D eigenvalue weighted by Crippen LogP contribution is -2.33. The third-order valence-electron chi connectivity index (χ3n) is 7.76. The molecule has 2 saturated heterocycles. The molecule has 2 aliphatic heterocycles. The molecule has 0 spiro atoms. The molecule has 36 heavy (non-hydrogen) atoms. The molecule has 2 bridgehead atoms. The van der Waals surface area contributed by atoms with Gasteiger partial charge in [-0.1, -0.05) is 35.4 Å². The van der Waals surface area contributed by atoms with Crippen molar-refractivity contribution in [2.45, 2.75) is 19.8 Å². The van der Waals surface area contributed by atoms with Crippen molar-refractivity contribution in [1.29, 1.82) is 0 Å². The van der Waals surface area contributed by atoms with E-state index in [9.17, 15) is 19.2 Å². The third kappa shape index (κ3) is 3.56. The maximum atomic E-state index is 13.1. The van der Waals surface area contributed by atoms with Gasteiger partial charge in [0.05, 0.1) is 34.2 Å². The molecule has 184 valence electrons. The summed E-state index contributed by atoms with van der Waals surface area (Å²) in [6.45, 7) is 1.90. The minimum absolute atomic E-state index is 0.00529. The number of carbonyl (C=O) groups is 4. The number of ether oxygens (including phenoxy) is 1. The average molecular weight is 525 g/mol. The summed E-state index contributed by atoms with van der Waals surface area (Å²) in [5.74, 6) is -1.76. The van der Waals surface area contributed by atoms with Gasteiger partial charge < -0.3 is 9.64 Å². The number of hydrogen-bond donors (Lipinski definition) is 0. The molecule has 7 nitrogen and oxygen atoms in total. The van der Waals surface area contributed by atoms with Gasteiger partial charge in [-0.3, -0.25) is 19.2 Å². The van der Waals surface area contributed by atoms with Gasteiger partial charge in [0.1, 0.15) is 5.75 Å². The van der Waals surface area contributed by atoms with Gasteiger partial charge in [-0.05, 0) is 67.1 Å². The van der Waals surface area contributed by atoms with Crippen LogP contribution in [0.15, 0.2) is 48.6 Å². The van der Waals surface area contributed by atoms with E-state index in [0.717, 1.165) is 6.42 Å². The molecule has 0 aromatic heterocycles. The van der Waals surface area contributed by atoms with Crippen LogP contribution >= 0.6 is 23.2 Å². The molecule has 5 atom stereocenters. The number of fused-ring (bicyclic) bond motifs is 5. The van der Waals surface area contributed by atoms with Crippen LogP contribution in [0.3, 0.4) is 0 Å². The van der Waals surface area contributed by atoms with E-state index in [1.165, 1.54) is 9.80 Å². The number of imide groups is 1. The fourth-order valence-electron chi connectivity index (χ4n) is 6.07. The van der Waals surface area contributed by atoms with Crippen molar-refractivity contribution >= 4 is 58.3 Å². The molecule has 2 heterocycles. The summed E-state index contributed by atoms with van der Waals surface area (Å²) >= 11 is 12.3. The summed E-state index contributed by atoms with van der Waals surface area (Å²) in [6.07, 6.45) is 4.99. The predicted octanol–water partition coefficient (Wildman–Crippen LogP) is 4.57. The zero-order valence-electron chi connectivity index (χ0n) is 19.3. The lowest BCUT2D eigenvalue weighted by atomic mass is 9.85. The highest BCUT2D eigenvalue weighted by Gasteiger charge is 2.59. The molecule has 4 aliphatic rings. The van der Waals surface area contributed by atoms with Gasteiger partial charge >= 0.3 is 5.97 Å². The lowest BCUT2D eigenvalue weighted by Gasteiger charge is -2.20. The van der Waals surface area contributed by atoms with Crippen LogP contribution in [0.5, 0.6) is 5.75 Å². The number of hydrogen-bond acceptors (Lipinski definition) is 5. The van der Waals surface area contributed by atoms with Crippen LogP contribution in [-0.2, 0) is 19.2 Å². The molecule has 0 radical (unpaired) electrons. The Bertz CT molecular complexity index is 1340. The Morgan fingerprint density at radius 3 is 2.31 bits per heavy atom. The maximum absolute atomic E-state index is 13.1. The zero-order valence-corrected chi connectivity index (χ0v) is 20.8. The van der Waals surface area contributed by atoms with Gasteiger partial charge in [0.15, 0.2) is 0 Å². The molecule has 9 heteroatoms. The molecule has 2 aromatic carbocycles. The Balaban J connectivity index is 1.16. The van der Waals surface area contributed by atoms with E-state index in [0.29, 0.717) is 27.0 Å². The topological polar surface area (TPSA) is 84.0 Å². The Labute approximate surface area is 217 Å². The van der Waals surface area contributed by atoms with Crippen LogP contribution in [0.4, 0.5) is 11.4 Å². The number of aryl methyl sites for hydroxylation is 1. The Morgan fingerprint density at radius 2 is 1.64 bits per heavy atom. The number of halogens is 2. The highest BCUT2D eigenvalue weighted by molar-refractivity contribution is 6.36. The Hall–Kier alpha value is -3.16. The van der Waals surface area contributed by atoms with Crippen LogP contribution in [0, 0.1) is 36.5 Å². The first-order valence-corrected chi connectivity index (χ1v) is 12.6. The van der Waals surface area contributed by atoms with Gasteiger partial charge in [0.2, 0.25) is 17.7 Å².